The minimum atomic E-state index is 0. The second-order valence-corrected chi connectivity index (χ2v) is 0. The molecule has 0 aromatic heterocycles. The SMILES string of the molecule is C.C.C.[CH3-].[CH3-].[CH3-].[Y].[Y].[Y]. The summed E-state index contributed by atoms with van der Waals surface area (Å²) in [6.07, 6.45) is 0. The number of rotatable bonds is 0. The van der Waals surface area contributed by atoms with Gasteiger partial charge in [-0.2, -0.15) is 0 Å². The molecule has 3 heteroatoms. The normalized spacial score (nSPS) is 0. The van der Waals surface area contributed by atoms with E-state index in [1.165, 1.54) is 0 Å². The Labute approximate surface area is 140 Å². The van der Waals surface area contributed by atoms with E-state index in [4.69, 9.17) is 0 Å². The maximum absolute atomic E-state index is 0. The quantitative estimate of drug-likeness (QED) is 0.582. The van der Waals surface area contributed by atoms with Crippen molar-refractivity contribution in [3.05, 3.63) is 22.3 Å². The van der Waals surface area contributed by atoms with Gasteiger partial charge in [-0.25, -0.2) is 0 Å². The molecule has 0 saturated heterocycles. The summed E-state index contributed by atoms with van der Waals surface area (Å²) in [5, 5.41) is 0. The van der Waals surface area contributed by atoms with E-state index in [-0.39, 0.29) is 143 Å². The average molecular weight is 360 g/mol. The van der Waals surface area contributed by atoms with Crippen molar-refractivity contribution >= 4 is 0 Å². The molecule has 0 rings (SSSR count). The third kappa shape index (κ3) is 89.4. The van der Waals surface area contributed by atoms with E-state index in [9.17, 15) is 0 Å². The largest absolute Gasteiger partial charge is 0.358 e. The number of hydrogen-bond donors (Lipinski definition) is 0. The van der Waals surface area contributed by atoms with Gasteiger partial charge in [-0.15, -0.1) is 0 Å². The van der Waals surface area contributed by atoms with Gasteiger partial charge in [-0.1, -0.05) is 22.3 Å². The first-order valence-electron chi connectivity index (χ1n) is 0. The fraction of sp³-hybridized carbons (Fsp3) is 0.500. The topological polar surface area (TPSA) is 0 Å². The van der Waals surface area contributed by atoms with Crippen LogP contribution in [-0.4, -0.2) is 0 Å². The molecule has 0 aliphatic heterocycles. The minimum absolute atomic E-state index is 0. The van der Waals surface area contributed by atoms with Crippen LogP contribution >= 0.6 is 0 Å². The molecule has 0 aliphatic rings. The molecule has 0 unspecified atom stereocenters. The smallest absolute Gasteiger partial charge is 0 e. The van der Waals surface area contributed by atoms with E-state index in [1.54, 1.807) is 0 Å². The predicted octanol–water partition coefficient (Wildman–Crippen LogP) is 3.25. The molecule has 0 aromatic carbocycles. The first kappa shape index (κ1) is 144. The molecule has 0 aromatic rings. The van der Waals surface area contributed by atoms with E-state index >= 15 is 0 Å². The summed E-state index contributed by atoms with van der Waals surface area (Å²) in [5.74, 6) is 0. The van der Waals surface area contributed by atoms with Crippen LogP contribution in [0.5, 0.6) is 0 Å². The second kappa shape index (κ2) is 110. The summed E-state index contributed by atoms with van der Waals surface area (Å²) in [7, 11) is 0. The third-order valence-corrected chi connectivity index (χ3v) is 0. The van der Waals surface area contributed by atoms with Crippen LogP contribution in [-0.2, 0) is 98.1 Å². The Bertz CT molecular complexity index is 8.26. The van der Waals surface area contributed by atoms with E-state index in [2.05, 4.69) is 0 Å². The minimum Gasteiger partial charge on any atom is -0.358 e. The van der Waals surface area contributed by atoms with Crippen LogP contribution in [0.2, 0.25) is 0 Å². The van der Waals surface area contributed by atoms with Crippen molar-refractivity contribution in [1.29, 1.82) is 0 Å². The van der Waals surface area contributed by atoms with Gasteiger partial charge in [0.15, 0.2) is 0 Å². The third-order valence-electron chi connectivity index (χ3n) is 0. The summed E-state index contributed by atoms with van der Waals surface area (Å²) in [4.78, 5) is 0. The average Bonchev–Trinajstić information content (AvgIpc) is 0. The van der Waals surface area contributed by atoms with Crippen molar-refractivity contribution in [3.63, 3.8) is 0 Å². The standard InChI is InChI=1S/3CH4.3CH3.3Y/h3*1H4;3*1H3;;;/q;;;3*-1;;;. The first-order valence-corrected chi connectivity index (χ1v) is 0. The van der Waals surface area contributed by atoms with Gasteiger partial charge in [0.2, 0.25) is 0 Å². The summed E-state index contributed by atoms with van der Waals surface area (Å²) in [5.41, 5.74) is 0. The molecule has 0 spiro atoms. The van der Waals surface area contributed by atoms with E-state index < -0.39 is 0 Å². The van der Waals surface area contributed by atoms with Crippen molar-refractivity contribution in [3.8, 4) is 0 Å². The Kier molecular flexibility index (Phi) is 1750. The Hall–Kier alpha value is 3.31. The van der Waals surface area contributed by atoms with Gasteiger partial charge in [-0.3, -0.25) is 0 Å². The van der Waals surface area contributed by atoms with Crippen LogP contribution in [0, 0.1) is 22.3 Å². The van der Waals surface area contributed by atoms with Gasteiger partial charge in [0.1, 0.15) is 0 Å². The molecule has 0 saturated carbocycles. The van der Waals surface area contributed by atoms with Crippen molar-refractivity contribution in [2.24, 2.45) is 0 Å². The maximum atomic E-state index is 0. The van der Waals surface area contributed by atoms with E-state index in [0.717, 1.165) is 0 Å². The predicted molar refractivity (Wildman–Crippen MR) is 39.4 cm³/mol. The molecule has 0 aliphatic carbocycles. The van der Waals surface area contributed by atoms with Gasteiger partial charge >= 0.3 is 0 Å². The van der Waals surface area contributed by atoms with Crippen LogP contribution in [0.25, 0.3) is 0 Å². The Morgan fingerprint density at radius 3 is 0.333 bits per heavy atom. The fourth-order valence-corrected chi connectivity index (χ4v) is 0. The van der Waals surface area contributed by atoms with Crippen molar-refractivity contribution in [1.82, 2.24) is 0 Å². The zero-order chi connectivity index (χ0) is 0. The molecule has 0 nitrogen and oxygen atoms in total. The number of hydrogen-bond acceptors (Lipinski definition) is 0. The second-order valence-electron chi connectivity index (χ2n) is 0. The Balaban J connectivity index is 0. The van der Waals surface area contributed by atoms with E-state index in [0.29, 0.717) is 0 Å². The zero-order valence-electron chi connectivity index (χ0n) is 4.73. The monoisotopic (exact) mass is 360 g/mol. The molecule has 0 atom stereocenters. The molecule has 0 fully saturated rings. The molecule has 3 radical (unpaired) electrons. The van der Waals surface area contributed by atoms with Crippen LogP contribution in [0.4, 0.5) is 0 Å². The van der Waals surface area contributed by atoms with Gasteiger partial charge < -0.3 is 22.3 Å². The Morgan fingerprint density at radius 1 is 0.333 bits per heavy atom. The molecule has 0 bridgehead atoms. The molecular formula is C6H21Y3-3. The van der Waals surface area contributed by atoms with Crippen LogP contribution in [0.15, 0.2) is 0 Å². The van der Waals surface area contributed by atoms with Crippen molar-refractivity contribution < 1.29 is 98.1 Å². The maximum Gasteiger partial charge on any atom is 0 e. The zero-order valence-corrected chi connectivity index (χ0v) is 13.2. The molecule has 0 amide bonds. The first-order chi connectivity index (χ1) is 0. The van der Waals surface area contributed by atoms with Gasteiger partial charge in [0, 0.05) is 98.1 Å². The molecule has 9 heavy (non-hydrogen) atoms. The molecule has 57 valence electrons. The van der Waals surface area contributed by atoms with Crippen LogP contribution < -0.4 is 0 Å². The summed E-state index contributed by atoms with van der Waals surface area (Å²) < 4.78 is 0. The van der Waals surface area contributed by atoms with Crippen LogP contribution in [0.1, 0.15) is 22.3 Å². The van der Waals surface area contributed by atoms with Gasteiger partial charge in [0.25, 0.3) is 0 Å². The van der Waals surface area contributed by atoms with E-state index in [1.807, 2.05) is 0 Å². The van der Waals surface area contributed by atoms with Crippen molar-refractivity contribution in [2.45, 2.75) is 22.3 Å². The molecular weight excluding hydrogens is 339 g/mol. The summed E-state index contributed by atoms with van der Waals surface area (Å²) in [6, 6.07) is 0. The van der Waals surface area contributed by atoms with Crippen LogP contribution in [0.3, 0.4) is 0 Å². The van der Waals surface area contributed by atoms with Gasteiger partial charge in [0.05, 0.1) is 0 Å². The molecule has 0 N–H and O–H groups in total. The Morgan fingerprint density at radius 2 is 0.333 bits per heavy atom. The molecule has 0 heterocycles. The summed E-state index contributed by atoms with van der Waals surface area (Å²) >= 11 is 0. The van der Waals surface area contributed by atoms with Gasteiger partial charge in [-0.05, 0) is 0 Å². The fourth-order valence-electron chi connectivity index (χ4n) is 0. The summed E-state index contributed by atoms with van der Waals surface area (Å²) in [6.45, 7) is 0. The van der Waals surface area contributed by atoms with Crippen molar-refractivity contribution in [2.75, 3.05) is 0 Å².